The number of nitrogens with zero attached hydrogens (tertiary/aromatic N) is 4. The van der Waals surface area contributed by atoms with Crippen LogP contribution in [0.15, 0.2) is 47.1 Å². The van der Waals surface area contributed by atoms with Crippen molar-refractivity contribution < 1.29 is 27.1 Å². The summed E-state index contributed by atoms with van der Waals surface area (Å²) >= 11 is 0. The second-order valence-electron chi connectivity index (χ2n) is 8.16. The van der Waals surface area contributed by atoms with Crippen LogP contribution in [-0.2, 0) is 12.7 Å². The number of aromatic nitrogens is 2. The third-order valence-corrected chi connectivity index (χ3v) is 5.78. The van der Waals surface area contributed by atoms with Gasteiger partial charge in [0.05, 0.1) is 18.9 Å². The first kappa shape index (κ1) is 24.4. The molecule has 2 amide bonds. The zero-order valence-electron chi connectivity index (χ0n) is 19.4. The fourth-order valence-corrected chi connectivity index (χ4v) is 3.93. The van der Waals surface area contributed by atoms with Crippen LogP contribution in [0.4, 0.5) is 23.7 Å². The Bertz CT molecular complexity index is 1160. The number of amides is 2. The predicted molar refractivity (Wildman–Crippen MR) is 123 cm³/mol. The molecule has 2 aromatic heterocycles. The SMILES string of the molecule is COc1cc(N2CCCN(C(=O)NCc3ccc(C(F)(F)F)nc3)CC2)ccc1-c1cnc(C)o1. The van der Waals surface area contributed by atoms with Gasteiger partial charge in [0.2, 0.25) is 0 Å². The van der Waals surface area contributed by atoms with Gasteiger partial charge in [-0.1, -0.05) is 6.07 Å². The van der Waals surface area contributed by atoms with Gasteiger partial charge in [0.15, 0.2) is 11.7 Å². The number of oxazole rings is 1. The summed E-state index contributed by atoms with van der Waals surface area (Å²) in [6.45, 7) is 4.34. The number of anilines is 1. The molecular weight excluding hydrogens is 463 g/mol. The van der Waals surface area contributed by atoms with Crippen molar-refractivity contribution in [1.29, 1.82) is 0 Å². The van der Waals surface area contributed by atoms with Crippen LogP contribution in [-0.4, -0.2) is 54.2 Å². The van der Waals surface area contributed by atoms with E-state index in [1.165, 1.54) is 6.07 Å². The average molecular weight is 489 g/mol. The Kier molecular flexibility index (Phi) is 7.13. The lowest BCUT2D eigenvalue weighted by atomic mass is 10.1. The average Bonchev–Trinajstić information content (AvgIpc) is 3.12. The van der Waals surface area contributed by atoms with Crippen molar-refractivity contribution in [3.8, 4) is 17.1 Å². The number of aryl methyl sites for hydroxylation is 1. The standard InChI is InChI=1S/C24H26F3N5O3/c1-16-28-15-21(35-16)19-6-5-18(12-20(19)34-2)31-8-3-9-32(11-10-31)23(33)30-14-17-4-7-22(29-13-17)24(25,26)27/h4-7,12-13,15H,3,8-11,14H2,1-2H3,(H,30,33). The molecule has 1 saturated heterocycles. The molecule has 186 valence electrons. The van der Waals surface area contributed by atoms with Crippen molar-refractivity contribution in [2.24, 2.45) is 0 Å². The number of rotatable bonds is 5. The topological polar surface area (TPSA) is 83.7 Å². The minimum Gasteiger partial charge on any atom is -0.496 e. The molecule has 0 bridgehead atoms. The summed E-state index contributed by atoms with van der Waals surface area (Å²) in [6.07, 6.45) is -0.930. The van der Waals surface area contributed by atoms with E-state index in [1.54, 1.807) is 25.1 Å². The summed E-state index contributed by atoms with van der Waals surface area (Å²) in [5.41, 5.74) is 1.32. The molecule has 1 fully saturated rings. The van der Waals surface area contributed by atoms with E-state index < -0.39 is 11.9 Å². The van der Waals surface area contributed by atoms with Crippen molar-refractivity contribution in [3.63, 3.8) is 0 Å². The molecule has 8 nitrogen and oxygen atoms in total. The number of methoxy groups -OCH3 is 1. The lowest BCUT2D eigenvalue weighted by molar-refractivity contribution is -0.141. The summed E-state index contributed by atoms with van der Waals surface area (Å²) in [6, 6.07) is 7.83. The maximum Gasteiger partial charge on any atom is 0.433 e. The molecule has 3 heterocycles. The van der Waals surface area contributed by atoms with Gasteiger partial charge in [-0.3, -0.25) is 4.98 Å². The molecule has 4 rings (SSSR count). The van der Waals surface area contributed by atoms with Crippen molar-refractivity contribution in [1.82, 2.24) is 20.2 Å². The highest BCUT2D eigenvalue weighted by Gasteiger charge is 2.32. The lowest BCUT2D eigenvalue weighted by Crippen LogP contribution is -2.41. The first-order valence-corrected chi connectivity index (χ1v) is 11.2. The Morgan fingerprint density at radius 1 is 1.11 bits per heavy atom. The number of nitrogens with one attached hydrogen (secondary N) is 1. The quantitative estimate of drug-likeness (QED) is 0.569. The van der Waals surface area contributed by atoms with Crippen LogP contribution in [0.25, 0.3) is 11.3 Å². The fourth-order valence-electron chi connectivity index (χ4n) is 3.93. The molecule has 1 N–H and O–H groups in total. The third-order valence-electron chi connectivity index (χ3n) is 5.78. The number of ether oxygens (including phenoxy) is 1. The van der Waals surface area contributed by atoms with Gasteiger partial charge in [0, 0.05) is 57.6 Å². The highest BCUT2D eigenvalue weighted by Crippen LogP contribution is 2.34. The van der Waals surface area contributed by atoms with Gasteiger partial charge in [-0.05, 0) is 30.2 Å². The van der Waals surface area contributed by atoms with E-state index in [-0.39, 0.29) is 12.6 Å². The molecule has 3 aromatic rings. The largest absolute Gasteiger partial charge is 0.496 e. The Hall–Kier alpha value is -3.76. The smallest absolute Gasteiger partial charge is 0.433 e. The number of pyridine rings is 1. The second-order valence-corrected chi connectivity index (χ2v) is 8.16. The summed E-state index contributed by atoms with van der Waals surface area (Å²) < 4.78 is 49.2. The monoisotopic (exact) mass is 489 g/mol. The Morgan fingerprint density at radius 2 is 1.94 bits per heavy atom. The molecule has 1 aromatic carbocycles. The Labute approximate surface area is 200 Å². The van der Waals surface area contributed by atoms with Crippen LogP contribution < -0.4 is 15.0 Å². The van der Waals surface area contributed by atoms with E-state index in [0.29, 0.717) is 42.6 Å². The normalized spacial score (nSPS) is 14.5. The molecule has 1 aliphatic rings. The molecule has 35 heavy (non-hydrogen) atoms. The van der Waals surface area contributed by atoms with E-state index in [1.807, 2.05) is 18.2 Å². The van der Waals surface area contributed by atoms with Gasteiger partial charge in [0.25, 0.3) is 0 Å². The van der Waals surface area contributed by atoms with Crippen LogP contribution in [0, 0.1) is 6.92 Å². The number of urea groups is 1. The second kappa shape index (κ2) is 10.2. The molecule has 0 aliphatic carbocycles. The maximum atomic E-state index is 12.7. The van der Waals surface area contributed by atoms with Gasteiger partial charge < -0.3 is 24.3 Å². The fraction of sp³-hybridized carbons (Fsp3) is 0.375. The Balaban J connectivity index is 1.35. The van der Waals surface area contributed by atoms with Gasteiger partial charge in [-0.15, -0.1) is 0 Å². The first-order chi connectivity index (χ1) is 16.7. The number of hydrogen-bond donors (Lipinski definition) is 1. The minimum absolute atomic E-state index is 0.101. The lowest BCUT2D eigenvalue weighted by Gasteiger charge is -2.24. The van der Waals surface area contributed by atoms with E-state index in [4.69, 9.17) is 9.15 Å². The molecule has 0 spiro atoms. The zero-order chi connectivity index (χ0) is 25.0. The Morgan fingerprint density at radius 3 is 2.60 bits per heavy atom. The maximum absolute atomic E-state index is 12.7. The van der Waals surface area contributed by atoms with Gasteiger partial charge in [-0.25, -0.2) is 9.78 Å². The molecule has 11 heteroatoms. The number of alkyl halides is 3. The van der Waals surface area contributed by atoms with Crippen LogP contribution in [0.3, 0.4) is 0 Å². The van der Waals surface area contributed by atoms with Crippen molar-refractivity contribution in [2.75, 3.05) is 38.2 Å². The van der Waals surface area contributed by atoms with Crippen LogP contribution in [0.5, 0.6) is 5.75 Å². The number of halogens is 3. The first-order valence-electron chi connectivity index (χ1n) is 11.2. The molecule has 0 unspecified atom stereocenters. The summed E-state index contributed by atoms with van der Waals surface area (Å²) in [5, 5.41) is 2.77. The molecule has 0 atom stereocenters. The van der Waals surface area contributed by atoms with Crippen molar-refractivity contribution >= 4 is 11.7 Å². The van der Waals surface area contributed by atoms with Crippen LogP contribution >= 0.6 is 0 Å². The van der Waals surface area contributed by atoms with E-state index >= 15 is 0 Å². The van der Waals surface area contributed by atoms with E-state index in [2.05, 4.69) is 20.2 Å². The van der Waals surface area contributed by atoms with Gasteiger partial charge >= 0.3 is 12.2 Å². The molecular formula is C24H26F3N5O3. The zero-order valence-corrected chi connectivity index (χ0v) is 19.4. The highest BCUT2D eigenvalue weighted by molar-refractivity contribution is 5.74. The summed E-state index contributed by atoms with van der Waals surface area (Å²) in [4.78, 5) is 24.1. The summed E-state index contributed by atoms with van der Waals surface area (Å²) in [7, 11) is 1.60. The van der Waals surface area contributed by atoms with Crippen LogP contribution in [0.1, 0.15) is 23.6 Å². The summed E-state index contributed by atoms with van der Waals surface area (Å²) in [5.74, 6) is 1.88. The van der Waals surface area contributed by atoms with Gasteiger partial charge in [-0.2, -0.15) is 13.2 Å². The highest BCUT2D eigenvalue weighted by atomic mass is 19.4. The molecule has 1 aliphatic heterocycles. The molecule has 0 radical (unpaired) electrons. The molecule has 0 saturated carbocycles. The van der Waals surface area contributed by atoms with E-state index in [0.717, 1.165) is 36.5 Å². The van der Waals surface area contributed by atoms with Crippen molar-refractivity contribution in [3.05, 3.63) is 59.9 Å². The number of hydrogen-bond acceptors (Lipinski definition) is 6. The predicted octanol–water partition coefficient (Wildman–Crippen LogP) is 4.49. The number of benzene rings is 1. The number of carbonyl (C=O) groups excluding carboxylic acids is 1. The third kappa shape index (κ3) is 5.84. The van der Waals surface area contributed by atoms with E-state index in [9.17, 15) is 18.0 Å². The number of carbonyl (C=O) groups is 1. The van der Waals surface area contributed by atoms with Gasteiger partial charge in [0.1, 0.15) is 11.4 Å². The van der Waals surface area contributed by atoms with Crippen LogP contribution in [0.2, 0.25) is 0 Å². The minimum atomic E-state index is -4.49. The van der Waals surface area contributed by atoms with Crippen molar-refractivity contribution in [2.45, 2.75) is 26.1 Å².